The minimum absolute atomic E-state index is 0.282. The molecule has 92 valence electrons. The van der Waals surface area contributed by atoms with Crippen molar-refractivity contribution >= 4 is 23.2 Å². The second-order valence-electron chi connectivity index (χ2n) is 3.66. The Hall–Kier alpha value is -2.24. The molecule has 0 unspecified atom stereocenters. The molecule has 0 heterocycles. The Bertz CT molecular complexity index is 431. The molecule has 17 heavy (non-hydrogen) atoms. The predicted molar refractivity (Wildman–Crippen MR) is 66.3 cm³/mol. The summed E-state index contributed by atoms with van der Waals surface area (Å²) in [7, 11) is 0. The molecule has 6 nitrogen and oxygen atoms in total. The van der Waals surface area contributed by atoms with Gasteiger partial charge in [-0.2, -0.15) is 0 Å². The Balaban J connectivity index is 2.57. The zero-order valence-corrected chi connectivity index (χ0v) is 9.40. The van der Waals surface area contributed by atoms with Gasteiger partial charge in [0, 0.05) is 24.3 Å². The van der Waals surface area contributed by atoms with E-state index in [1.54, 1.807) is 18.2 Å². The van der Waals surface area contributed by atoms with E-state index in [1.807, 2.05) is 0 Å². The van der Waals surface area contributed by atoms with Crippen LogP contribution in [0.15, 0.2) is 18.2 Å². The van der Waals surface area contributed by atoms with Crippen LogP contribution in [0.4, 0.5) is 11.4 Å². The summed E-state index contributed by atoms with van der Waals surface area (Å²) < 4.78 is 0. The van der Waals surface area contributed by atoms with Crippen LogP contribution in [-0.4, -0.2) is 18.4 Å². The number of carbonyl (C=O) groups excluding carboxylic acids is 2. The van der Waals surface area contributed by atoms with Gasteiger partial charge in [-0.25, -0.2) is 0 Å². The molecule has 7 N–H and O–H groups in total. The second kappa shape index (κ2) is 5.74. The zero-order valence-electron chi connectivity index (χ0n) is 9.40. The highest BCUT2D eigenvalue weighted by Gasteiger charge is 2.06. The minimum Gasteiger partial charge on any atom is -0.398 e. The van der Waals surface area contributed by atoms with Gasteiger partial charge in [0.2, 0.25) is 5.91 Å². The van der Waals surface area contributed by atoms with Crippen LogP contribution in [0.25, 0.3) is 0 Å². The third-order valence-electron chi connectivity index (χ3n) is 2.25. The zero-order chi connectivity index (χ0) is 12.8. The molecule has 0 spiro atoms. The number of primary amides is 2. The fourth-order valence-electron chi connectivity index (χ4n) is 1.37. The van der Waals surface area contributed by atoms with Gasteiger partial charge in [0.05, 0.1) is 5.56 Å². The van der Waals surface area contributed by atoms with Crippen molar-refractivity contribution in [3.8, 4) is 0 Å². The van der Waals surface area contributed by atoms with Crippen LogP contribution >= 0.6 is 0 Å². The van der Waals surface area contributed by atoms with Gasteiger partial charge < -0.3 is 22.5 Å². The van der Waals surface area contributed by atoms with Gasteiger partial charge in [0.1, 0.15) is 0 Å². The number of hydrogen-bond donors (Lipinski definition) is 4. The smallest absolute Gasteiger partial charge is 0.250 e. The van der Waals surface area contributed by atoms with Gasteiger partial charge in [-0.1, -0.05) is 0 Å². The van der Waals surface area contributed by atoms with Crippen molar-refractivity contribution in [2.75, 3.05) is 17.6 Å². The van der Waals surface area contributed by atoms with E-state index in [4.69, 9.17) is 17.2 Å². The third-order valence-corrected chi connectivity index (χ3v) is 2.25. The fraction of sp³-hybridized carbons (Fsp3) is 0.273. The maximum Gasteiger partial charge on any atom is 0.250 e. The van der Waals surface area contributed by atoms with Gasteiger partial charge in [0.15, 0.2) is 0 Å². The van der Waals surface area contributed by atoms with E-state index in [-0.39, 0.29) is 11.5 Å². The van der Waals surface area contributed by atoms with Crippen LogP contribution in [0.1, 0.15) is 23.2 Å². The van der Waals surface area contributed by atoms with Crippen LogP contribution in [0.5, 0.6) is 0 Å². The first-order valence-corrected chi connectivity index (χ1v) is 5.22. The van der Waals surface area contributed by atoms with Gasteiger partial charge >= 0.3 is 0 Å². The van der Waals surface area contributed by atoms with E-state index in [9.17, 15) is 9.59 Å². The molecule has 6 heteroatoms. The van der Waals surface area contributed by atoms with Crippen LogP contribution in [-0.2, 0) is 4.79 Å². The Morgan fingerprint density at radius 3 is 2.53 bits per heavy atom. The Morgan fingerprint density at radius 1 is 1.24 bits per heavy atom. The van der Waals surface area contributed by atoms with Crippen LogP contribution in [0.2, 0.25) is 0 Å². The van der Waals surface area contributed by atoms with Crippen molar-refractivity contribution in [1.82, 2.24) is 0 Å². The summed E-state index contributed by atoms with van der Waals surface area (Å²) in [6, 6.07) is 4.94. The highest BCUT2D eigenvalue weighted by molar-refractivity contribution is 5.98. The summed E-state index contributed by atoms with van der Waals surface area (Å²) in [5.74, 6) is -0.898. The molecular formula is C11H16N4O2. The summed E-state index contributed by atoms with van der Waals surface area (Å²) in [6.45, 7) is 0.588. The Kier molecular flexibility index (Phi) is 4.33. The number of rotatable bonds is 6. The van der Waals surface area contributed by atoms with Gasteiger partial charge in [-0.05, 0) is 24.6 Å². The summed E-state index contributed by atoms with van der Waals surface area (Å²) in [6.07, 6.45) is 0.955. The molecule has 1 aromatic carbocycles. The molecule has 0 aromatic heterocycles. The van der Waals surface area contributed by atoms with Gasteiger partial charge in [-0.3, -0.25) is 9.59 Å². The van der Waals surface area contributed by atoms with Crippen LogP contribution < -0.4 is 22.5 Å². The average Bonchev–Trinajstić information content (AvgIpc) is 2.25. The molecule has 2 amide bonds. The maximum atomic E-state index is 11.0. The van der Waals surface area contributed by atoms with Crippen LogP contribution in [0.3, 0.4) is 0 Å². The summed E-state index contributed by atoms with van der Waals surface area (Å²) in [5, 5.41) is 3.05. The molecule has 0 fully saturated rings. The van der Waals surface area contributed by atoms with Crippen molar-refractivity contribution in [3.63, 3.8) is 0 Å². The van der Waals surface area contributed by atoms with Gasteiger partial charge in [-0.15, -0.1) is 0 Å². The van der Waals surface area contributed by atoms with E-state index < -0.39 is 5.91 Å². The number of nitrogen functional groups attached to an aromatic ring is 1. The molecule has 0 saturated heterocycles. The average molecular weight is 236 g/mol. The number of hydrogen-bond acceptors (Lipinski definition) is 4. The largest absolute Gasteiger partial charge is 0.398 e. The summed E-state index contributed by atoms with van der Waals surface area (Å²) in [5.41, 5.74) is 17.1. The molecule has 0 aliphatic carbocycles. The first kappa shape index (κ1) is 12.8. The van der Waals surface area contributed by atoms with Crippen molar-refractivity contribution < 1.29 is 9.59 Å². The van der Waals surface area contributed by atoms with E-state index in [2.05, 4.69) is 5.32 Å². The van der Waals surface area contributed by atoms with E-state index >= 15 is 0 Å². The Morgan fingerprint density at radius 2 is 1.94 bits per heavy atom. The molecule has 1 aromatic rings. The molecular weight excluding hydrogens is 220 g/mol. The number of nitrogens with one attached hydrogen (secondary N) is 1. The molecule has 0 bridgehead atoms. The standard InChI is InChI=1S/C11H16N4O2/c12-9-4-3-7(6-8(9)11(14)17)15-5-1-2-10(13)16/h3-4,6,15H,1-2,5,12H2,(H2,13,16)(H2,14,17). The first-order chi connectivity index (χ1) is 8.00. The highest BCUT2D eigenvalue weighted by Crippen LogP contribution is 2.17. The lowest BCUT2D eigenvalue weighted by Crippen LogP contribution is -2.15. The minimum atomic E-state index is -0.566. The van der Waals surface area contributed by atoms with Crippen molar-refractivity contribution in [2.24, 2.45) is 11.5 Å². The monoisotopic (exact) mass is 236 g/mol. The molecule has 0 saturated carbocycles. The lowest BCUT2D eigenvalue weighted by Gasteiger charge is -2.08. The SMILES string of the molecule is NC(=O)CCCNc1ccc(N)c(C(N)=O)c1. The van der Waals surface area contributed by atoms with Gasteiger partial charge in [0.25, 0.3) is 5.91 Å². The predicted octanol–water partition coefficient (Wildman–Crippen LogP) is 0.0451. The lowest BCUT2D eigenvalue weighted by molar-refractivity contribution is -0.118. The number of benzene rings is 1. The maximum absolute atomic E-state index is 11.0. The van der Waals surface area contributed by atoms with E-state index in [0.717, 1.165) is 5.69 Å². The molecule has 0 radical (unpaired) electrons. The van der Waals surface area contributed by atoms with Crippen molar-refractivity contribution in [1.29, 1.82) is 0 Å². The van der Waals surface area contributed by atoms with E-state index in [0.29, 0.717) is 25.1 Å². The second-order valence-corrected chi connectivity index (χ2v) is 3.66. The fourth-order valence-corrected chi connectivity index (χ4v) is 1.37. The number of anilines is 2. The normalized spacial score (nSPS) is 9.88. The first-order valence-electron chi connectivity index (χ1n) is 5.22. The number of amides is 2. The molecule has 0 atom stereocenters. The lowest BCUT2D eigenvalue weighted by atomic mass is 10.1. The highest BCUT2D eigenvalue weighted by atomic mass is 16.1. The molecule has 0 aliphatic heterocycles. The third kappa shape index (κ3) is 4.02. The summed E-state index contributed by atoms with van der Waals surface area (Å²) in [4.78, 5) is 21.6. The van der Waals surface area contributed by atoms with Crippen LogP contribution in [0, 0.1) is 0 Å². The van der Waals surface area contributed by atoms with E-state index in [1.165, 1.54) is 0 Å². The number of nitrogens with two attached hydrogens (primary N) is 3. The van der Waals surface area contributed by atoms with Crippen molar-refractivity contribution in [3.05, 3.63) is 23.8 Å². The Labute approximate surface area is 99.1 Å². The van der Waals surface area contributed by atoms with Crippen molar-refractivity contribution in [2.45, 2.75) is 12.8 Å². The molecule has 1 rings (SSSR count). The molecule has 0 aliphatic rings. The topological polar surface area (TPSA) is 124 Å². The number of carbonyl (C=O) groups is 2. The quantitative estimate of drug-likeness (QED) is 0.411. The summed E-state index contributed by atoms with van der Waals surface area (Å²) >= 11 is 0.